The van der Waals surface area contributed by atoms with Gasteiger partial charge in [0.1, 0.15) is 17.6 Å². The van der Waals surface area contributed by atoms with Gasteiger partial charge in [-0.15, -0.1) is 0 Å². The quantitative estimate of drug-likeness (QED) is 0.564. The summed E-state index contributed by atoms with van der Waals surface area (Å²) in [6.45, 7) is 0. The van der Waals surface area contributed by atoms with E-state index in [1.54, 1.807) is 24.3 Å². The number of aryl methyl sites for hydroxylation is 1. The molecule has 7 heteroatoms. The number of hydrogen-bond donors (Lipinski definition) is 3. The number of carbonyl (C=O) groups excluding carboxylic acids is 1. The van der Waals surface area contributed by atoms with Gasteiger partial charge < -0.3 is 15.4 Å². The lowest BCUT2D eigenvalue weighted by Gasteiger charge is -2.22. The number of nitriles is 1. The fraction of sp³-hybridized carbons (Fsp3) is 0.360. The molecule has 32 heavy (non-hydrogen) atoms. The Hall–Kier alpha value is -3.66. The summed E-state index contributed by atoms with van der Waals surface area (Å²) in [5.41, 5.74) is 0.910. The Bertz CT molecular complexity index is 1140. The number of phenols is 1. The fourth-order valence-corrected chi connectivity index (χ4v) is 3.78. The molecule has 1 amide bonds. The molecule has 1 aliphatic rings. The topological polar surface area (TPSA) is 119 Å². The van der Waals surface area contributed by atoms with Gasteiger partial charge in [0, 0.05) is 18.9 Å². The minimum absolute atomic E-state index is 0.0417. The first-order valence-corrected chi connectivity index (χ1v) is 11.0. The standard InChI is InChI=1S/C18H23N3O2.C7H5NO/c22-17(19-13-7-2-1-3-8-13)12-6-11-16-20-15-10-5-4-9-14(15)18(23)21-16;8-5-6-3-1-2-4-7(6)9/h4-5,9-10,13H,1-3,6-8,11-12H2,(H,19,22)(H,20,21,23);1-4,9H. The van der Waals surface area contributed by atoms with Crippen LogP contribution in [0.2, 0.25) is 0 Å². The van der Waals surface area contributed by atoms with Crippen molar-refractivity contribution >= 4 is 16.8 Å². The van der Waals surface area contributed by atoms with Crippen LogP contribution in [-0.4, -0.2) is 27.0 Å². The van der Waals surface area contributed by atoms with Crippen LogP contribution in [-0.2, 0) is 11.2 Å². The number of nitrogens with zero attached hydrogens (tertiary/aromatic N) is 2. The molecule has 1 fully saturated rings. The average molecular weight is 433 g/mol. The van der Waals surface area contributed by atoms with E-state index in [4.69, 9.17) is 10.4 Å². The zero-order valence-electron chi connectivity index (χ0n) is 18.0. The largest absolute Gasteiger partial charge is 0.507 e. The molecule has 0 unspecified atom stereocenters. The van der Waals surface area contributed by atoms with Crippen molar-refractivity contribution in [1.29, 1.82) is 5.26 Å². The number of rotatable bonds is 5. The number of H-pyrrole nitrogens is 1. The Morgan fingerprint density at radius 2 is 1.84 bits per heavy atom. The Balaban J connectivity index is 0.000000269. The summed E-state index contributed by atoms with van der Waals surface area (Å²) in [6, 6.07) is 15.9. The van der Waals surface area contributed by atoms with Crippen LogP contribution < -0.4 is 10.9 Å². The van der Waals surface area contributed by atoms with Crippen LogP contribution in [0.25, 0.3) is 10.9 Å². The van der Waals surface area contributed by atoms with Crippen molar-refractivity contribution in [3.8, 4) is 11.8 Å². The van der Waals surface area contributed by atoms with Crippen molar-refractivity contribution in [2.45, 2.75) is 57.4 Å². The molecule has 1 aromatic heterocycles. The zero-order chi connectivity index (χ0) is 22.8. The Kier molecular flexibility index (Phi) is 8.38. The van der Waals surface area contributed by atoms with Gasteiger partial charge in [-0.2, -0.15) is 5.26 Å². The second-order valence-corrected chi connectivity index (χ2v) is 7.91. The molecule has 0 saturated heterocycles. The fourth-order valence-electron chi connectivity index (χ4n) is 3.78. The summed E-state index contributed by atoms with van der Waals surface area (Å²) in [6.07, 6.45) is 7.70. The van der Waals surface area contributed by atoms with E-state index < -0.39 is 0 Å². The third-order valence-corrected chi connectivity index (χ3v) is 5.47. The molecular weight excluding hydrogens is 404 g/mol. The van der Waals surface area contributed by atoms with Crippen molar-refractivity contribution in [3.05, 3.63) is 70.3 Å². The molecule has 0 spiro atoms. The molecule has 3 aromatic rings. The molecule has 1 aliphatic carbocycles. The van der Waals surface area contributed by atoms with Crippen LogP contribution in [0.15, 0.2) is 53.3 Å². The summed E-state index contributed by atoms with van der Waals surface area (Å²) in [5.74, 6) is 0.805. The summed E-state index contributed by atoms with van der Waals surface area (Å²) in [5, 5.41) is 20.9. The van der Waals surface area contributed by atoms with Crippen molar-refractivity contribution < 1.29 is 9.90 Å². The summed E-state index contributed by atoms with van der Waals surface area (Å²) in [7, 11) is 0. The maximum absolute atomic E-state index is 12.0. The number of benzene rings is 2. The normalized spacial score (nSPS) is 13.6. The Morgan fingerprint density at radius 3 is 2.56 bits per heavy atom. The monoisotopic (exact) mass is 432 g/mol. The molecule has 0 bridgehead atoms. The second-order valence-electron chi connectivity index (χ2n) is 7.91. The molecule has 7 nitrogen and oxygen atoms in total. The second kappa shape index (κ2) is 11.7. The molecule has 0 aliphatic heterocycles. The van der Waals surface area contributed by atoms with Crippen molar-refractivity contribution in [2.24, 2.45) is 0 Å². The van der Waals surface area contributed by atoms with E-state index in [0.29, 0.717) is 47.6 Å². The molecule has 1 heterocycles. The SMILES string of the molecule is N#Cc1ccccc1O.O=C(CCCc1nc2ccccc2c(=O)[nH]1)NC1CCCCC1. The number of carbonyl (C=O) groups is 1. The van der Waals surface area contributed by atoms with Gasteiger partial charge in [0.15, 0.2) is 0 Å². The van der Waals surface area contributed by atoms with Gasteiger partial charge in [-0.1, -0.05) is 43.5 Å². The molecule has 3 N–H and O–H groups in total. The lowest BCUT2D eigenvalue weighted by Crippen LogP contribution is -2.36. The number of amides is 1. The lowest BCUT2D eigenvalue weighted by molar-refractivity contribution is -0.122. The van der Waals surface area contributed by atoms with E-state index in [1.807, 2.05) is 24.3 Å². The number of para-hydroxylation sites is 2. The van der Waals surface area contributed by atoms with Crippen molar-refractivity contribution in [3.63, 3.8) is 0 Å². The van der Waals surface area contributed by atoms with E-state index in [1.165, 1.54) is 25.3 Å². The van der Waals surface area contributed by atoms with Crippen LogP contribution in [0, 0.1) is 11.3 Å². The summed E-state index contributed by atoms with van der Waals surface area (Å²) >= 11 is 0. The number of fused-ring (bicyclic) bond motifs is 1. The number of aromatic hydroxyl groups is 1. The first kappa shape index (κ1) is 23.0. The third-order valence-electron chi connectivity index (χ3n) is 5.47. The highest BCUT2D eigenvalue weighted by Gasteiger charge is 2.15. The van der Waals surface area contributed by atoms with E-state index in [2.05, 4.69) is 15.3 Å². The molecule has 0 radical (unpaired) electrons. The minimum atomic E-state index is -0.114. The number of hydrogen-bond acceptors (Lipinski definition) is 5. The van der Waals surface area contributed by atoms with Crippen LogP contribution in [0.3, 0.4) is 0 Å². The Morgan fingerprint density at radius 1 is 1.12 bits per heavy atom. The summed E-state index contributed by atoms with van der Waals surface area (Å²) < 4.78 is 0. The maximum atomic E-state index is 12.0. The number of aromatic amines is 1. The smallest absolute Gasteiger partial charge is 0.258 e. The van der Waals surface area contributed by atoms with Gasteiger partial charge in [0.2, 0.25) is 5.91 Å². The van der Waals surface area contributed by atoms with Gasteiger partial charge in [-0.3, -0.25) is 9.59 Å². The first-order chi connectivity index (χ1) is 15.6. The van der Waals surface area contributed by atoms with Crippen LogP contribution in [0.4, 0.5) is 0 Å². The highest BCUT2D eigenvalue weighted by Crippen LogP contribution is 2.17. The predicted molar refractivity (Wildman–Crippen MR) is 123 cm³/mol. The summed E-state index contributed by atoms with van der Waals surface area (Å²) in [4.78, 5) is 31.2. The van der Waals surface area contributed by atoms with Crippen LogP contribution >= 0.6 is 0 Å². The molecular formula is C25H28N4O3. The highest BCUT2D eigenvalue weighted by atomic mass is 16.3. The van der Waals surface area contributed by atoms with E-state index in [-0.39, 0.29) is 17.2 Å². The predicted octanol–water partition coefficient (Wildman–Crippen LogP) is 3.96. The van der Waals surface area contributed by atoms with Gasteiger partial charge >= 0.3 is 0 Å². The molecule has 0 atom stereocenters. The van der Waals surface area contributed by atoms with Crippen LogP contribution in [0.1, 0.15) is 56.3 Å². The van der Waals surface area contributed by atoms with Crippen molar-refractivity contribution in [2.75, 3.05) is 0 Å². The van der Waals surface area contributed by atoms with E-state index in [9.17, 15) is 9.59 Å². The van der Waals surface area contributed by atoms with Gasteiger partial charge in [-0.05, 0) is 43.5 Å². The minimum Gasteiger partial charge on any atom is -0.507 e. The number of phenolic OH excluding ortho intramolecular Hbond substituents is 1. The molecule has 1 saturated carbocycles. The van der Waals surface area contributed by atoms with E-state index >= 15 is 0 Å². The molecule has 166 valence electrons. The maximum Gasteiger partial charge on any atom is 0.258 e. The third kappa shape index (κ3) is 6.67. The average Bonchev–Trinajstić information content (AvgIpc) is 2.80. The first-order valence-electron chi connectivity index (χ1n) is 11.0. The molecule has 2 aromatic carbocycles. The van der Waals surface area contributed by atoms with Crippen LogP contribution in [0.5, 0.6) is 5.75 Å². The van der Waals surface area contributed by atoms with Gasteiger partial charge in [0.25, 0.3) is 5.56 Å². The highest BCUT2D eigenvalue weighted by molar-refractivity contribution is 5.77. The lowest BCUT2D eigenvalue weighted by atomic mass is 9.95. The number of nitrogens with one attached hydrogen (secondary N) is 2. The molecule has 4 rings (SSSR count). The van der Waals surface area contributed by atoms with Gasteiger partial charge in [-0.25, -0.2) is 4.98 Å². The van der Waals surface area contributed by atoms with Gasteiger partial charge in [0.05, 0.1) is 16.5 Å². The van der Waals surface area contributed by atoms with Crippen molar-refractivity contribution in [1.82, 2.24) is 15.3 Å². The van der Waals surface area contributed by atoms with E-state index in [0.717, 1.165) is 12.8 Å². The Labute approximate surface area is 187 Å². The zero-order valence-corrected chi connectivity index (χ0v) is 18.0. The number of aromatic nitrogens is 2.